The fourth-order valence-electron chi connectivity index (χ4n) is 3.90. The van der Waals surface area contributed by atoms with E-state index in [4.69, 9.17) is 11.6 Å². The summed E-state index contributed by atoms with van der Waals surface area (Å²) in [4.78, 5) is 39.6. The summed E-state index contributed by atoms with van der Waals surface area (Å²) < 4.78 is 14.5. The molecule has 4 rings (SSSR count). The van der Waals surface area contributed by atoms with Crippen LogP contribution < -0.4 is 10.6 Å². The second kappa shape index (κ2) is 9.15. The van der Waals surface area contributed by atoms with Gasteiger partial charge in [0.1, 0.15) is 23.3 Å². The molecule has 1 saturated heterocycles. The van der Waals surface area contributed by atoms with Crippen LogP contribution in [0.25, 0.3) is 11.0 Å². The van der Waals surface area contributed by atoms with Gasteiger partial charge in [-0.3, -0.25) is 14.6 Å². The Labute approximate surface area is 189 Å². The molecule has 2 aromatic heterocycles. The number of pyridine rings is 1. The Bertz CT molecular complexity index is 1110. The Morgan fingerprint density at radius 1 is 1.25 bits per heavy atom. The molecule has 3 N–H and O–H groups in total. The minimum atomic E-state index is -0.662. The summed E-state index contributed by atoms with van der Waals surface area (Å²) in [5, 5.41) is 7.17. The number of carbonyl (C=O) groups is 2. The van der Waals surface area contributed by atoms with Crippen molar-refractivity contribution in [2.45, 2.75) is 26.3 Å². The second-order valence-corrected chi connectivity index (χ2v) is 8.31. The molecule has 2 aromatic rings. The predicted octanol–water partition coefficient (Wildman–Crippen LogP) is 1.76. The Balaban J connectivity index is 1.44. The lowest BCUT2D eigenvalue weighted by atomic mass is 10.2. The summed E-state index contributed by atoms with van der Waals surface area (Å²) in [6.45, 7) is 5.21. The van der Waals surface area contributed by atoms with Gasteiger partial charge in [-0.15, -0.1) is 0 Å². The first-order valence-electron chi connectivity index (χ1n) is 10.5. The average Bonchev–Trinajstić information content (AvgIpc) is 3.01. The van der Waals surface area contributed by atoms with E-state index in [1.165, 1.54) is 6.92 Å². The minimum Gasteiger partial charge on any atom is -0.358 e. The molecule has 0 radical (unpaired) electrons. The lowest BCUT2D eigenvalue weighted by Gasteiger charge is -2.27. The maximum atomic E-state index is 14.5. The Morgan fingerprint density at radius 3 is 2.78 bits per heavy atom. The van der Waals surface area contributed by atoms with Crippen molar-refractivity contribution in [2.75, 3.05) is 32.7 Å². The van der Waals surface area contributed by atoms with E-state index in [1.807, 2.05) is 0 Å². The molecule has 0 bridgehead atoms. The molecule has 170 valence electrons. The molecule has 1 atom stereocenters. The van der Waals surface area contributed by atoms with Crippen LogP contribution >= 0.6 is 11.6 Å². The van der Waals surface area contributed by atoms with Crippen molar-refractivity contribution in [3.63, 3.8) is 0 Å². The molecule has 0 spiro atoms. The van der Waals surface area contributed by atoms with E-state index in [2.05, 4.69) is 25.6 Å². The van der Waals surface area contributed by atoms with Crippen LogP contribution in [0, 0.1) is 0 Å². The number of amides is 2. The molecule has 2 aliphatic rings. The molecule has 0 aliphatic carbocycles. The first-order valence-corrected chi connectivity index (χ1v) is 10.8. The number of rotatable bonds is 4. The maximum absolute atomic E-state index is 14.5. The summed E-state index contributed by atoms with van der Waals surface area (Å²) in [5.74, 6) is -0.0616. The smallest absolute Gasteiger partial charge is 0.244 e. The summed E-state index contributed by atoms with van der Waals surface area (Å²) in [7, 11) is 0. The number of aromatic nitrogens is 2. The van der Waals surface area contributed by atoms with Gasteiger partial charge < -0.3 is 25.4 Å². The number of fused-ring (bicyclic) bond motifs is 1. The Kier molecular flexibility index (Phi) is 6.31. The van der Waals surface area contributed by atoms with Crippen LogP contribution in [0.2, 0.25) is 5.02 Å². The maximum Gasteiger partial charge on any atom is 0.244 e. The lowest BCUT2D eigenvalue weighted by Crippen LogP contribution is -2.49. The zero-order valence-corrected chi connectivity index (χ0v) is 18.7. The number of carbonyl (C=O) groups excluding carboxylic acids is 2. The Hall–Kier alpha value is -3.14. The van der Waals surface area contributed by atoms with Crippen molar-refractivity contribution in [1.29, 1.82) is 0 Å². The van der Waals surface area contributed by atoms with Crippen LogP contribution in [0.4, 0.5) is 4.39 Å². The van der Waals surface area contributed by atoms with E-state index in [9.17, 15) is 14.0 Å². The van der Waals surface area contributed by atoms with Gasteiger partial charge in [0.25, 0.3) is 0 Å². The van der Waals surface area contributed by atoms with Crippen molar-refractivity contribution in [3.05, 3.63) is 40.7 Å². The van der Waals surface area contributed by atoms with Gasteiger partial charge in [-0.05, 0) is 19.4 Å². The number of aliphatic imine (C=N–C) groups is 1. The predicted molar refractivity (Wildman–Crippen MR) is 120 cm³/mol. The zero-order chi connectivity index (χ0) is 22.8. The number of nitrogens with one attached hydrogen (secondary N) is 3. The van der Waals surface area contributed by atoms with Crippen LogP contribution in [0.1, 0.15) is 25.8 Å². The number of nitrogens with zero attached hydrogens (tertiary/aromatic N) is 4. The minimum absolute atomic E-state index is 0.00434. The number of amidine groups is 1. The molecule has 0 unspecified atom stereocenters. The number of halogens is 2. The average molecular weight is 462 g/mol. The SMILES string of the molecule is CC(=O)N1CCCN(C(=O)[C@@H](C)NC2=C(F)CN=C(c3c[nH]c4ncc(Cl)cc34)N2)CC1. The van der Waals surface area contributed by atoms with Crippen LogP contribution in [0.3, 0.4) is 0 Å². The monoisotopic (exact) mass is 461 g/mol. The van der Waals surface area contributed by atoms with E-state index < -0.39 is 11.9 Å². The normalized spacial score (nSPS) is 18.2. The van der Waals surface area contributed by atoms with E-state index in [0.717, 1.165) is 5.39 Å². The molecule has 0 saturated carbocycles. The first kappa shape index (κ1) is 22.1. The topological polar surface area (TPSA) is 106 Å². The van der Waals surface area contributed by atoms with Gasteiger partial charge in [-0.25, -0.2) is 9.37 Å². The molecule has 9 nitrogen and oxygen atoms in total. The van der Waals surface area contributed by atoms with Gasteiger partial charge in [0.05, 0.1) is 11.6 Å². The van der Waals surface area contributed by atoms with Crippen molar-refractivity contribution >= 4 is 40.3 Å². The molecular weight excluding hydrogens is 437 g/mol. The molecule has 32 heavy (non-hydrogen) atoms. The molecule has 4 heterocycles. The molecular formula is C21H25ClFN7O2. The van der Waals surface area contributed by atoms with Gasteiger partial charge in [-0.2, -0.15) is 0 Å². The van der Waals surface area contributed by atoms with Crippen molar-refractivity contribution in [2.24, 2.45) is 4.99 Å². The fourth-order valence-corrected chi connectivity index (χ4v) is 4.06. The molecule has 11 heteroatoms. The van der Waals surface area contributed by atoms with Gasteiger partial charge in [0, 0.05) is 56.4 Å². The molecule has 2 aliphatic heterocycles. The summed E-state index contributed by atoms with van der Waals surface area (Å²) in [5.41, 5.74) is 1.35. The highest BCUT2D eigenvalue weighted by atomic mass is 35.5. The van der Waals surface area contributed by atoms with Crippen LogP contribution in [0.5, 0.6) is 0 Å². The van der Waals surface area contributed by atoms with E-state index in [1.54, 1.807) is 35.2 Å². The van der Waals surface area contributed by atoms with Gasteiger partial charge in [-0.1, -0.05) is 11.6 Å². The number of hydrogen-bond donors (Lipinski definition) is 3. The van der Waals surface area contributed by atoms with Crippen LogP contribution in [0.15, 0.2) is 35.1 Å². The van der Waals surface area contributed by atoms with Gasteiger partial charge in [0.2, 0.25) is 11.8 Å². The van der Waals surface area contributed by atoms with E-state index in [0.29, 0.717) is 54.7 Å². The van der Waals surface area contributed by atoms with Crippen LogP contribution in [-0.2, 0) is 9.59 Å². The van der Waals surface area contributed by atoms with Crippen LogP contribution in [-0.4, -0.2) is 76.2 Å². The van der Waals surface area contributed by atoms with Crippen molar-refractivity contribution in [1.82, 2.24) is 30.4 Å². The third kappa shape index (κ3) is 4.55. The standard InChI is InChI=1S/C21H25ClFN7O2/c1-12(21(32)30-5-3-4-29(6-7-30)13(2)31)27-20-17(23)11-26-19(28-20)16-10-25-18-15(16)8-14(22)9-24-18/h8-10,12,27H,3-7,11H2,1-2H3,(H,24,25)(H,26,28)/t12-/m1/s1. The highest BCUT2D eigenvalue weighted by molar-refractivity contribution is 6.31. The van der Waals surface area contributed by atoms with E-state index >= 15 is 0 Å². The van der Waals surface area contributed by atoms with E-state index in [-0.39, 0.29) is 24.2 Å². The van der Waals surface area contributed by atoms with Gasteiger partial charge in [0.15, 0.2) is 5.83 Å². The number of hydrogen-bond acceptors (Lipinski definition) is 6. The lowest BCUT2D eigenvalue weighted by molar-refractivity contribution is -0.133. The first-order chi connectivity index (χ1) is 15.3. The number of H-pyrrole nitrogens is 1. The summed E-state index contributed by atoms with van der Waals surface area (Å²) >= 11 is 6.07. The molecule has 1 fully saturated rings. The second-order valence-electron chi connectivity index (χ2n) is 7.87. The third-order valence-corrected chi connectivity index (χ3v) is 5.83. The molecule has 2 amide bonds. The highest BCUT2D eigenvalue weighted by Gasteiger charge is 2.27. The highest BCUT2D eigenvalue weighted by Crippen LogP contribution is 2.22. The quantitative estimate of drug-likeness (QED) is 0.643. The fraction of sp³-hybridized carbons (Fsp3) is 0.429. The zero-order valence-electron chi connectivity index (χ0n) is 17.9. The number of aromatic amines is 1. The van der Waals surface area contributed by atoms with Crippen molar-refractivity contribution in [3.8, 4) is 0 Å². The Morgan fingerprint density at radius 2 is 2.00 bits per heavy atom. The summed E-state index contributed by atoms with van der Waals surface area (Å²) in [6.07, 6.45) is 3.98. The van der Waals surface area contributed by atoms with Gasteiger partial charge >= 0.3 is 0 Å². The third-order valence-electron chi connectivity index (χ3n) is 5.63. The van der Waals surface area contributed by atoms with Crippen molar-refractivity contribution < 1.29 is 14.0 Å². The summed E-state index contributed by atoms with van der Waals surface area (Å²) in [6, 6.07) is 1.10. The molecule has 0 aromatic carbocycles. The largest absolute Gasteiger partial charge is 0.358 e.